The van der Waals surface area contributed by atoms with Crippen molar-refractivity contribution >= 4 is 5.91 Å². The van der Waals surface area contributed by atoms with Crippen molar-refractivity contribution in [1.82, 2.24) is 10.2 Å². The lowest BCUT2D eigenvalue weighted by Crippen LogP contribution is -2.35. The number of likely N-dealkylation sites (N-methyl/N-ethyl adjacent to an activating group) is 1. The highest BCUT2D eigenvalue weighted by molar-refractivity contribution is 5.80. The van der Waals surface area contributed by atoms with Gasteiger partial charge in [-0.1, -0.05) is 24.6 Å². The molecule has 0 spiro atoms. The molecule has 21 heavy (non-hydrogen) atoms. The first-order chi connectivity index (χ1) is 9.86. The van der Waals surface area contributed by atoms with Gasteiger partial charge in [0.15, 0.2) is 6.10 Å². The van der Waals surface area contributed by atoms with Crippen LogP contribution < -0.4 is 10.1 Å². The largest absolute Gasteiger partial charge is 0.481 e. The molecular weight excluding hydrogens is 264 g/mol. The number of carbonyl (C=O) groups excluding carboxylic acids is 1. The first-order valence-corrected chi connectivity index (χ1v) is 7.58. The van der Waals surface area contributed by atoms with Crippen LogP contribution in [0.5, 0.6) is 5.75 Å². The molecule has 1 N–H and O–H groups in total. The minimum atomic E-state index is -0.486. The van der Waals surface area contributed by atoms with Gasteiger partial charge in [0, 0.05) is 25.7 Å². The van der Waals surface area contributed by atoms with E-state index in [-0.39, 0.29) is 11.9 Å². The van der Waals surface area contributed by atoms with Crippen LogP contribution in [0.4, 0.5) is 0 Å². The molecule has 0 fully saturated rings. The Bertz CT molecular complexity index is 472. The number of carbonyl (C=O) groups is 1. The smallest absolute Gasteiger partial charge is 0.262 e. The van der Waals surface area contributed by atoms with Gasteiger partial charge in [0.25, 0.3) is 5.91 Å². The Hall–Kier alpha value is -1.55. The molecule has 0 aliphatic rings. The van der Waals surface area contributed by atoms with Gasteiger partial charge in [-0.05, 0) is 39.8 Å². The number of nitrogens with zero attached hydrogens (tertiary/aromatic N) is 1. The van der Waals surface area contributed by atoms with E-state index in [1.54, 1.807) is 25.9 Å². The molecule has 1 aromatic rings. The number of hydrogen-bond donors (Lipinski definition) is 1. The van der Waals surface area contributed by atoms with Crippen molar-refractivity contribution in [2.45, 2.75) is 46.3 Å². The highest BCUT2D eigenvalue weighted by Crippen LogP contribution is 2.27. The van der Waals surface area contributed by atoms with E-state index >= 15 is 0 Å². The molecule has 0 heterocycles. The second-order valence-electron chi connectivity index (χ2n) is 5.71. The molecule has 118 valence electrons. The summed E-state index contributed by atoms with van der Waals surface area (Å²) < 4.78 is 5.89. The van der Waals surface area contributed by atoms with Crippen LogP contribution in [-0.2, 0) is 4.79 Å². The summed E-state index contributed by atoms with van der Waals surface area (Å²) in [4.78, 5) is 13.5. The molecule has 0 aromatic heterocycles. The first kappa shape index (κ1) is 17.5. The third-order valence-corrected chi connectivity index (χ3v) is 3.42. The normalized spacial score (nSPS) is 13.6. The summed E-state index contributed by atoms with van der Waals surface area (Å²) in [5, 5.41) is 3.47. The molecule has 4 nitrogen and oxygen atoms in total. The Morgan fingerprint density at radius 3 is 2.57 bits per heavy atom. The van der Waals surface area contributed by atoms with Crippen molar-refractivity contribution in [1.29, 1.82) is 0 Å². The molecule has 0 aliphatic heterocycles. The van der Waals surface area contributed by atoms with E-state index in [9.17, 15) is 4.79 Å². The number of amides is 1. The quantitative estimate of drug-likeness (QED) is 0.840. The topological polar surface area (TPSA) is 41.6 Å². The maximum atomic E-state index is 12.0. The van der Waals surface area contributed by atoms with E-state index in [0.29, 0.717) is 0 Å². The van der Waals surface area contributed by atoms with Crippen molar-refractivity contribution in [2.24, 2.45) is 0 Å². The van der Waals surface area contributed by atoms with Crippen molar-refractivity contribution in [3.8, 4) is 5.75 Å². The van der Waals surface area contributed by atoms with E-state index in [4.69, 9.17) is 4.74 Å². The predicted octanol–water partition coefficient (Wildman–Crippen LogP) is 2.91. The zero-order chi connectivity index (χ0) is 16.0. The van der Waals surface area contributed by atoms with Crippen LogP contribution >= 0.6 is 0 Å². The summed E-state index contributed by atoms with van der Waals surface area (Å²) in [5.74, 6) is 0.745. The summed E-state index contributed by atoms with van der Waals surface area (Å²) in [5.41, 5.74) is 2.29. The van der Waals surface area contributed by atoms with Crippen LogP contribution in [0, 0.1) is 6.92 Å². The van der Waals surface area contributed by atoms with Gasteiger partial charge < -0.3 is 15.0 Å². The number of nitrogens with one attached hydrogen (secondary N) is 1. The average Bonchev–Trinajstić information content (AvgIpc) is 2.45. The van der Waals surface area contributed by atoms with Gasteiger partial charge in [-0.2, -0.15) is 0 Å². The second kappa shape index (κ2) is 8.03. The maximum absolute atomic E-state index is 12.0. The standard InChI is InChI=1S/C17H28N2O2/c1-7-10-18-13(3)15-11-12(2)8-9-16(15)21-14(4)17(20)19(5)6/h8-9,11,13-14,18H,7,10H2,1-6H3. The number of hydrogen-bond acceptors (Lipinski definition) is 3. The van der Waals surface area contributed by atoms with Crippen LogP contribution in [0.25, 0.3) is 0 Å². The summed E-state index contributed by atoms with van der Waals surface area (Å²) >= 11 is 0. The number of aryl methyl sites for hydroxylation is 1. The fourth-order valence-electron chi connectivity index (χ4n) is 2.19. The summed E-state index contributed by atoms with van der Waals surface area (Å²) in [6.45, 7) is 9.08. The lowest BCUT2D eigenvalue weighted by molar-refractivity contribution is -0.135. The monoisotopic (exact) mass is 292 g/mol. The fourth-order valence-corrected chi connectivity index (χ4v) is 2.19. The highest BCUT2D eigenvalue weighted by Gasteiger charge is 2.19. The number of benzene rings is 1. The van der Waals surface area contributed by atoms with Gasteiger partial charge in [0.05, 0.1) is 0 Å². The third kappa shape index (κ3) is 5.05. The van der Waals surface area contributed by atoms with Crippen molar-refractivity contribution in [2.75, 3.05) is 20.6 Å². The molecule has 2 atom stereocenters. The predicted molar refractivity (Wildman–Crippen MR) is 86.7 cm³/mol. The van der Waals surface area contributed by atoms with E-state index < -0.39 is 6.10 Å². The Morgan fingerprint density at radius 1 is 1.33 bits per heavy atom. The van der Waals surface area contributed by atoms with Gasteiger partial charge in [-0.3, -0.25) is 4.79 Å². The SMILES string of the molecule is CCCNC(C)c1cc(C)ccc1OC(C)C(=O)N(C)C. The Labute approximate surface area is 128 Å². The Kier molecular flexibility index (Phi) is 6.69. The second-order valence-corrected chi connectivity index (χ2v) is 5.71. The molecule has 1 aromatic carbocycles. The fraction of sp³-hybridized carbons (Fsp3) is 0.588. The van der Waals surface area contributed by atoms with Crippen LogP contribution in [0.3, 0.4) is 0 Å². The molecule has 1 rings (SSSR count). The van der Waals surface area contributed by atoms with Crippen LogP contribution in [0.15, 0.2) is 18.2 Å². The molecular formula is C17H28N2O2. The summed E-state index contributed by atoms with van der Waals surface area (Å²) in [6, 6.07) is 6.28. The minimum Gasteiger partial charge on any atom is -0.481 e. The minimum absolute atomic E-state index is 0.0318. The Balaban J connectivity index is 2.93. The first-order valence-electron chi connectivity index (χ1n) is 7.58. The van der Waals surface area contributed by atoms with Crippen molar-refractivity contribution in [3.63, 3.8) is 0 Å². The summed E-state index contributed by atoms with van der Waals surface area (Å²) in [7, 11) is 3.48. The Morgan fingerprint density at radius 2 is 2.00 bits per heavy atom. The molecule has 2 unspecified atom stereocenters. The van der Waals surface area contributed by atoms with Gasteiger partial charge in [-0.15, -0.1) is 0 Å². The van der Waals surface area contributed by atoms with Gasteiger partial charge in [-0.25, -0.2) is 0 Å². The zero-order valence-corrected chi connectivity index (χ0v) is 14.1. The van der Waals surface area contributed by atoms with Crippen molar-refractivity contribution in [3.05, 3.63) is 29.3 Å². The summed E-state index contributed by atoms with van der Waals surface area (Å²) in [6.07, 6.45) is 0.599. The molecule has 0 aliphatic carbocycles. The lowest BCUT2D eigenvalue weighted by atomic mass is 10.0. The number of ether oxygens (including phenoxy) is 1. The number of rotatable bonds is 7. The maximum Gasteiger partial charge on any atom is 0.262 e. The van der Waals surface area contributed by atoms with E-state index in [1.165, 1.54) is 5.56 Å². The van der Waals surface area contributed by atoms with Gasteiger partial charge in [0.2, 0.25) is 0 Å². The molecule has 0 saturated carbocycles. The van der Waals surface area contributed by atoms with Crippen molar-refractivity contribution < 1.29 is 9.53 Å². The third-order valence-electron chi connectivity index (χ3n) is 3.42. The molecule has 0 saturated heterocycles. The van der Waals surface area contributed by atoms with Crippen LogP contribution in [0.2, 0.25) is 0 Å². The van der Waals surface area contributed by atoms with Crippen LogP contribution in [0.1, 0.15) is 44.4 Å². The van der Waals surface area contributed by atoms with Gasteiger partial charge in [0.1, 0.15) is 5.75 Å². The lowest BCUT2D eigenvalue weighted by Gasteiger charge is -2.23. The molecule has 0 radical (unpaired) electrons. The highest BCUT2D eigenvalue weighted by atomic mass is 16.5. The molecule has 1 amide bonds. The van der Waals surface area contributed by atoms with E-state index in [0.717, 1.165) is 24.3 Å². The molecule has 4 heteroatoms. The van der Waals surface area contributed by atoms with Gasteiger partial charge >= 0.3 is 0 Å². The average molecular weight is 292 g/mol. The van der Waals surface area contributed by atoms with E-state index in [2.05, 4.69) is 32.2 Å². The van der Waals surface area contributed by atoms with Crippen LogP contribution in [-0.4, -0.2) is 37.6 Å². The zero-order valence-electron chi connectivity index (χ0n) is 14.1. The molecule has 0 bridgehead atoms. The van der Waals surface area contributed by atoms with E-state index in [1.807, 2.05) is 12.1 Å².